The summed E-state index contributed by atoms with van der Waals surface area (Å²) in [6, 6.07) is 25.9. The molecule has 1 heterocycles. The topological polar surface area (TPSA) is 84.8 Å². The summed E-state index contributed by atoms with van der Waals surface area (Å²) in [6.07, 6.45) is 1.57. The van der Waals surface area contributed by atoms with E-state index in [9.17, 15) is 4.79 Å². The zero-order chi connectivity index (χ0) is 30.2. The number of nitrogens with one attached hydrogen (secondary N) is 2. The number of hydrogen-bond donors (Lipinski definition) is 2. The predicted molar refractivity (Wildman–Crippen MR) is 183 cm³/mol. The molecular formula is C32H25Cl2IN4O3S. The van der Waals surface area contributed by atoms with Crippen molar-refractivity contribution in [2.75, 3.05) is 11.9 Å². The van der Waals surface area contributed by atoms with Gasteiger partial charge >= 0.3 is 0 Å². The molecule has 0 fully saturated rings. The molecule has 5 rings (SSSR count). The summed E-state index contributed by atoms with van der Waals surface area (Å²) in [5.74, 6) is 0.917. The highest BCUT2D eigenvalue weighted by Crippen LogP contribution is 2.35. The molecule has 0 aliphatic carbocycles. The number of halogens is 3. The lowest BCUT2D eigenvalue weighted by Gasteiger charge is -2.15. The van der Waals surface area contributed by atoms with Crippen LogP contribution in [0.2, 0.25) is 10.0 Å². The van der Waals surface area contributed by atoms with Crippen molar-refractivity contribution >= 4 is 80.1 Å². The van der Waals surface area contributed by atoms with Gasteiger partial charge in [-0.3, -0.25) is 4.79 Å². The van der Waals surface area contributed by atoms with Crippen molar-refractivity contribution in [1.82, 2.24) is 10.4 Å². The van der Waals surface area contributed by atoms with Crippen LogP contribution in [-0.2, 0) is 6.61 Å². The van der Waals surface area contributed by atoms with Gasteiger partial charge in [0.15, 0.2) is 16.6 Å². The van der Waals surface area contributed by atoms with Crippen molar-refractivity contribution in [1.29, 1.82) is 0 Å². The SMILES string of the molecule is CCOc1cc(/C=N\NC(=O)c2ccc(-c3csc(Nc4ccc(Cl)cc4)n3)cc2)cc(I)c1OCc1ccc(Cl)cc1. The van der Waals surface area contributed by atoms with Crippen LogP contribution < -0.4 is 20.2 Å². The van der Waals surface area contributed by atoms with E-state index < -0.39 is 0 Å². The van der Waals surface area contributed by atoms with Crippen LogP contribution in [0.5, 0.6) is 11.5 Å². The molecule has 4 aromatic carbocycles. The highest BCUT2D eigenvalue weighted by molar-refractivity contribution is 14.1. The Bertz CT molecular complexity index is 1730. The normalized spacial score (nSPS) is 11.0. The molecule has 0 unspecified atom stereocenters. The Kier molecular flexibility index (Phi) is 10.5. The van der Waals surface area contributed by atoms with Crippen LogP contribution in [-0.4, -0.2) is 23.7 Å². The second-order valence-corrected chi connectivity index (χ2v) is 12.0. The largest absolute Gasteiger partial charge is 0.490 e. The highest BCUT2D eigenvalue weighted by Gasteiger charge is 2.13. The van der Waals surface area contributed by atoms with Gasteiger partial charge in [-0.25, -0.2) is 10.4 Å². The summed E-state index contributed by atoms with van der Waals surface area (Å²) >= 11 is 15.6. The van der Waals surface area contributed by atoms with E-state index in [0.717, 1.165) is 36.8 Å². The number of benzene rings is 4. The average Bonchev–Trinajstić information content (AvgIpc) is 3.47. The Morgan fingerprint density at radius 2 is 1.67 bits per heavy atom. The van der Waals surface area contributed by atoms with Gasteiger partial charge in [0.2, 0.25) is 0 Å². The molecule has 1 amide bonds. The Morgan fingerprint density at radius 1 is 0.977 bits per heavy atom. The monoisotopic (exact) mass is 742 g/mol. The summed E-state index contributed by atoms with van der Waals surface area (Å²) in [6.45, 7) is 2.76. The molecule has 218 valence electrons. The van der Waals surface area contributed by atoms with Gasteiger partial charge in [-0.1, -0.05) is 47.5 Å². The second-order valence-electron chi connectivity index (χ2n) is 9.12. The van der Waals surface area contributed by atoms with E-state index in [1.165, 1.54) is 11.3 Å². The van der Waals surface area contributed by atoms with Crippen LogP contribution in [0.1, 0.15) is 28.4 Å². The van der Waals surface area contributed by atoms with Crippen LogP contribution in [0.3, 0.4) is 0 Å². The summed E-state index contributed by atoms with van der Waals surface area (Å²) in [5, 5.41) is 11.5. The summed E-state index contributed by atoms with van der Waals surface area (Å²) in [7, 11) is 0. The lowest BCUT2D eigenvalue weighted by Crippen LogP contribution is -2.17. The lowest BCUT2D eigenvalue weighted by atomic mass is 10.1. The van der Waals surface area contributed by atoms with E-state index in [0.29, 0.717) is 40.3 Å². The molecule has 43 heavy (non-hydrogen) atoms. The summed E-state index contributed by atoms with van der Waals surface area (Å²) in [5.41, 5.74) is 7.43. The minimum atomic E-state index is -0.325. The third-order valence-electron chi connectivity index (χ3n) is 6.05. The maximum absolute atomic E-state index is 12.7. The quantitative estimate of drug-likeness (QED) is 0.0801. The van der Waals surface area contributed by atoms with Crippen molar-refractivity contribution < 1.29 is 14.3 Å². The summed E-state index contributed by atoms with van der Waals surface area (Å²) in [4.78, 5) is 17.4. The molecule has 2 N–H and O–H groups in total. The fourth-order valence-electron chi connectivity index (χ4n) is 3.94. The molecule has 0 aliphatic heterocycles. The van der Waals surface area contributed by atoms with E-state index >= 15 is 0 Å². The second kappa shape index (κ2) is 14.7. The first-order chi connectivity index (χ1) is 20.9. The molecule has 1 aromatic heterocycles. The van der Waals surface area contributed by atoms with Crippen LogP contribution >= 0.6 is 57.1 Å². The molecular weight excluding hydrogens is 718 g/mol. The number of aromatic nitrogens is 1. The maximum Gasteiger partial charge on any atom is 0.271 e. The number of thiazole rings is 1. The van der Waals surface area contributed by atoms with Gasteiger partial charge in [0, 0.05) is 32.2 Å². The van der Waals surface area contributed by atoms with E-state index in [1.54, 1.807) is 18.3 Å². The first kappa shape index (κ1) is 30.8. The van der Waals surface area contributed by atoms with Gasteiger partial charge in [0.25, 0.3) is 5.91 Å². The molecule has 0 bridgehead atoms. The van der Waals surface area contributed by atoms with Crippen LogP contribution in [0.4, 0.5) is 10.8 Å². The van der Waals surface area contributed by atoms with Gasteiger partial charge in [0.1, 0.15) is 6.61 Å². The van der Waals surface area contributed by atoms with Crippen molar-refractivity contribution in [2.24, 2.45) is 5.10 Å². The minimum Gasteiger partial charge on any atom is -0.490 e. The third-order valence-corrected chi connectivity index (χ3v) is 8.11. The zero-order valence-corrected chi connectivity index (χ0v) is 27.3. The molecule has 0 radical (unpaired) electrons. The molecule has 7 nitrogen and oxygen atoms in total. The third kappa shape index (κ3) is 8.47. The number of nitrogens with zero attached hydrogens (tertiary/aromatic N) is 2. The fraction of sp³-hybridized carbons (Fsp3) is 0.0938. The maximum atomic E-state index is 12.7. The minimum absolute atomic E-state index is 0.325. The molecule has 11 heteroatoms. The van der Waals surface area contributed by atoms with E-state index in [1.807, 2.05) is 85.1 Å². The number of hydrogen-bond acceptors (Lipinski definition) is 7. The molecule has 0 spiro atoms. The first-order valence-corrected chi connectivity index (χ1v) is 15.8. The van der Waals surface area contributed by atoms with Crippen LogP contribution in [0, 0.1) is 3.57 Å². The number of carbonyl (C=O) groups is 1. The molecule has 5 aromatic rings. The Labute approximate surface area is 277 Å². The van der Waals surface area contributed by atoms with Crippen molar-refractivity contribution in [3.8, 4) is 22.8 Å². The first-order valence-electron chi connectivity index (χ1n) is 13.1. The van der Waals surface area contributed by atoms with Crippen LogP contribution in [0.25, 0.3) is 11.3 Å². The standard InChI is InChI=1S/C32H25Cl2IN4O3S/c1-2-41-29-16-21(15-27(35)30(29)42-18-20-3-9-24(33)10-4-20)17-36-39-31(40)23-7-5-22(6-8-23)28-19-43-32(38-28)37-26-13-11-25(34)12-14-26/h3-17,19H,2,18H2,1H3,(H,37,38)(H,39,40)/b36-17-. The number of carbonyl (C=O) groups excluding carboxylic acids is 1. The molecule has 0 atom stereocenters. The molecule has 0 aliphatic rings. The number of ether oxygens (including phenoxy) is 2. The van der Waals surface area contributed by atoms with Crippen LogP contribution in [0.15, 0.2) is 95.4 Å². The van der Waals surface area contributed by atoms with Gasteiger partial charge in [0.05, 0.1) is 22.1 Å². The smallest absolute Gasteiger partial charge is 0.271 e. The van der Waals surface area contributed by atoms with Gasteiger partial charge < -0.3 is 14.8 Å². The summed E-state index contributed by atoms with van der Waals surface area (Å²) < 4.78 is 12.8. The lowest BCUT2D eigenvalue weighted by molar-refractivity contribution is 0.0955. The zero-order valence-electron chi connectivity index (χ0n) is 22.8. The molecule has 0 saturated carbocycles. The predicted octanol–water partition coefficient (Wildman–Crippen LogP) is 9.21. The van der Waals surface area contributed by atoms with E-state index in [-0.39, 0.29) is 5.91 Å². The number of hydrazone groups is 1. The van der Waals surface area contributed by atoms with Crippen molar-refractivity contribution in [3.63, 3.8) is 0 Å². The van der Waals surface area contributed by atoms with E-state index in [4.69, 9.17) is 32.7 Å². The van der Waals surface area contributed by atoms with Gasteiger partial charge in [-0.05, 0) is 101 Å². The van der Waals surface area contributed by atoms with Crippen molar-refractivity contribution in [2.45, 2.75) is 13.5 Å². The number of amides is 1. The Hall–Kier alpha value is -3.64. The average molecular weight is 743 g/mol. The number of rotatable bonds is 11. The van der Waals surface area contributed by atoms with Gasteiger partial charge in [-0.2, -0.15) is 5.10 Å². The van der Waals surface area contributed by atoms with Crippen molar-refractivity contribution in [3.05, 3.63) is 121 Å². The Balaban J connectivity index is 1.19. The Morgan fingerprint density at radius 3 is 2.37 bits per heavy atom. The number of anilines is 2. The highest BCUT2D eigenvalue weighted by atomic mass is 127. The van der Waals surface area contributed by atoms with E-state index in [2.05, 4.69) is 43.4 Å². The molecule has 0 saturated heterocycles. The fourth-order valence-corrected chi connectivity index (χ4v) is 5.72. The van der Waals surface area contributed by atoms with Gasteiger partial charge in [-0.15, -0.1) is 11.3 Å².